The minimum Gasteiger partial charge on any atom is -0.380 e. The molecule has 2 N–H and O–H groups in total. The number of carbonyl (C=O) groups excluding carboxylic acids is 3. The highest BCUT2D eigenvalue weighted by Crippen LogP contribution is 2.24. The van der Waals surface area contributed by atoms with Gasteiger partial charge in [-0.3, -0.25) is 14.4 Å². The molecule has 0 spiro atoms. The number of rotatable bonds is 6. The van der Waals surface area contributed by atoms with Gasteiger partial charge < -0.3 is 19.9 Å². The normalized spacial score (nSPS) is 13.9. The summed E-state index contributed by atoms with van der Waals surface area (Å²) in [5, 5.41) is 14.1. The number of aromatic nitrogens is 1. The molecule has 1 aromatic heterocycles. The van der Waals surface area contributed by atoms with Crippen molar-refractivity contribution >= 4 is 23.3 Å². The van der Waals surface area contributed by atoms with Crippen LogP contribution in [0.3, 0.4) is 0 Å². The standard InChI is InChI=1S/C23H21FN4O4/c1-5-18(15-10-32-11-15)27-23(31)21(29)19-12(2)20(28(4)13(19)3)22(30)26-16-6-7-17(24)14(8-16)9-25/h1,6-8,15,18H,10-11H2,2-4H3,(H,26,30)(H,27,31)/t18-/m1/s1. The van der Waals surface area contributed by atoms with Gasteiger partial charge in [0.15, 0.2) is 0 Å². The maximum Gasteiger partial charge on any atom is 0.293 e. The van der Waals surface area contributed by atoms with Crippen LogP contribution in [0, 0.1) is 49.3 Å². The van der Waals surface area contributed by atoms with E-state index in [1.165, 1.54) is 16.7 Å². The Morgan fingerprint density at radius 1 is 1.31 bits per heavy atom. The molecule has 1 saturated heterocycles. The molecule has 9 heteroatoms. The Bertz CT molecular complexity index is 1200. The fourth-order valence-electron chi connectivity index (χ4n) is 3.58. The van der Waals surface area contributed by atoms with E-state index < -0.39 is 29.5 Å². The van der Waals surface area contributed by atoms with Crippen LogP contribution in [0.15, 0.2) is 18.2 Å². The first-order valence-corrected chi connectivity index (χ1v) is 9.75. The van der Waals surface area contributed by atoms with Crippen molar-refractivity contribution in [3.63, 3.8) is 0 Å². The predicted octanol–water partition coefficient (Wildman–Crippen LogP) is 1.85. The number of halogens is 1. The van der Waals surface area contributed by atoms with E-state index >= 15 is 0 Å². The molecule has 2 amide bonds. The average molecular weight is 436 g/mol. The summed E-state index contributed by atoms with van der Waals surface area (Å²) >= 11 is 0. The molecule has 0 radical (unpaired) electrons. The Labute approximate surface area is 184 Å². The van der Waals surface area contributed by atoms with Gasteiger partial charge in [-0.05, 0) is 37.6 Å². The molecule has 1 atom stereocenters. The predicted molar refractivity (Wildman–Crippen MR) is 113 cm³/mol. The zero-order valence-electron chi connectivity index (χ0n) is 17.8. The van der Waals surface area contributed by atoms with Crippen LogP contribution in [0.25, 0.3) is 0 Å². The molecule has 3 rings (SSSR count). The molecule has 164 valence electrons. The van der Waals surface area contributed by atoms with E-state index in [4.69, 9.17) is 16.4 Å². The van der Waals surface area contributed by atoms with Crippen molar-refractivity contribution in [2.45, 2.75) is 19.9 Å². The summed E-state index contributed by atoms with van der Waals surface area (Å²) in [5.74, 6) is -0.524. The molecular weight excluding hydrogens is 415 g/mol. The van der Waals surface area contributed by atoms with E-state index in [1.54, 1.807) is 27.0 Å². The summed E-state index contributed by atoms with van der Waals surface area (Å²) in [5.41, 5.74) is 1.00. The second-order valence-electron chi connectivity index (χ2n) is 7.50. The van der Waals surface area contributed by atoms with Crippen molar-refractivity contribution in [2.24, 2.45) is 13.0 Å². The van der Waals surface area contributed by atoms with Crippen LogP contribution in [0.1, 0.15) is 37.7 Å². The number of nitrogens with zero attached hydrogens (tertiary/aromatic N) is 2. The van der Waals surface area contributed by atoms with Gasteiger partial charge in [0.1, 0.15) is 17.6 Å². The second kappa shape index (κ2) is 9.04. The lowest BCUT2D eigenvalue weighted by Crippen LogP contribution is -2.49. The van der Waals surface area contributed by atoms with E-state index in [0.717, 1.165) is 6.07 Å². The van der Waals surface area contributed by atoms with Gasteiger partial charge in [0.05, 0.1) is 30.4 Å². The highest BCUT2D eigenvalue weighted by atomic mass is 19.1. The summed E-state index contributed by atoms with van der Waals surface area (Å²) in [6.07, 6.45) is 5.47. The second-order valence-corrected chi connectivity index (χ2v) is 7.50. The number of terminal acetylenes is 1. The summed E-state index contributed by atoms with van der Waals surface area (Å²) in [7, 11) is 1.59. The number of Topliss-reactive ketones (excluding diaryl/α,β-unsaturated/α-hetero) is 1. The Morgan fingerprint density at radius 2 is 2.00 bits per heavy atom. The van der Waals surface area contributed by atoms with Crippen LogP contribution in [0.4, 0.5) is 10.1 Å². The Balaban J connectivity index is 1.85. The molecule has 0 unspecified atom stereocenters. The molecule has 2 aromatic rings. The van der Waals surface area contributed by atoms with Gasteiger partial charge in [-0.2, -0.15) is 5.26 Å². The molecule has 8 nitrogen and oxygen atoms in total. The third-order valence-corrected chi connectivity index (χ3v) is 5.52. The minimum atomic E-state index is -0.860. The molecule has 2 heterocycles. The van der Waals surface area contributed by atoms with Gasteiger partial charge in [0, 0.05) is 24.3 Å². The quantitative estimate of drug-likeness (QED) is 0.408. The highest BCUT2D eigenvalue weighted by molar-refractivity contribution is 6.43. The summed E-state index contributed by atoms with van der Waals surface area (Å²) < 4.78 is 20.1. The van der Waals surface area contributed by atoms with E-state index in [-0.39, 0.29) is 28.4 Å². The van der Waals surface area contributed by atoms with Gasteiger partial charge in [-0.15, -0.1) is 6.42 Å². The van der Waals surface area contributed by atoms with E-state index in [2.05, 4.69) is 16.6 Å². The lowest BCUT2D eigenvalue weighted by molar-refractivity contribution is -0.119. The molecule has 0 saturated carbocycles. The zero-order valence-corrected chi connectivity index (χ0v) is 17.8. The number of hydrogen-bond acceptors (Lipinski definition) is 5. The van der Waals surface area contributed by atoms with Crippen LogP contribution >= 0.6 is 0 Å². The van der Waals surface area contributed by atoms with Crippen molar-refractivity contribution < 1.29 is 23.5 Å². The van der Waals surface area contributed by atoms with Crippen molar-refractivity contribution in [1.82, 2.24) is 9.88 Å². The maximum absolute atomic E-state index is 13.5. The van der Waals surface area contributed by atoms with Crippen LogP contribution in [0.5, 0.6) is 0 Å². The summed E-state index contributed by atoms with van der Waals surface area (Å²) in [4.78, 5) is 38.4. The first kappa shape index (κ1) is 22.7. The van der Waals surface area contributed by atoms with Crippen LogP contribution in [0.2, 0.25) is 0 Å². The van der Waals surface area contributed by atoms with Crippen LogP contribution in [-0.2, 0) is 16.6 Å². The number of amides is 2. The summed E-state index contributed by atoms with van der Waals surface area (Å²) in [6.45, 7) is 4.00. The van der Waals surface area contributed by atoms with Crippen molar-refractivity contribution in [3.05, 3.63) is 52.1 Å². The van der Waals surface area contributed by atoms with Crippen molar-refractivity contribution in [2.75, 3.05) is 18.5 Å². The number of hydrogen-bond donors (Lipinski definition) is 2. The SMILES string of the molecule is C#C[C@@H](NC(=O)C(=O)c1c(C)c(C(=O)Nc2ccc(F)c(C#N)c2)n(C)c1C)C1COC1. The first-order valence-electron chi connectivity index (χ1n) is 9.75. The third-order valence-electron chi connectivity index (χ3n) is 5.52. The minimum absolute atomic E-state index is 0.0509. The van der Waals surface area contributed by atoms with E-state index in [0.29, 0.717) is 24.5 Å². The maximum atomic E-state index is 13.5. The topological polar surface area (TPSA) is 113 Å². The molecule has 1 fully saturated rings. The fourth-order valence-corrected chi connectivity index (χ4v) is 3.58. The number of carbonyl (C=O) groups is 3. The Kier molecular flexibility index (Phi) is 6.42. The number of nitriles is 1. The van der Waals surface area contributed by atoms with Gasteiger partial charge in [-0.1, -0.05) is 5.92 Å². The molecule has 32 heavy (non-hydrogen) atoms. The number of ether oxygens (including phenoxy) is 1. The molecule has 1 aromatic carbocycles. The van der Waals surface area contributed by atoms with Gasteiger partial charge in [0.25, 0.3) is 17.6 Å². The molecule has 0 aliphatic carbocycles. The summed E-state index contributed by atoms with van der Waals surface area (Å²) in [6, 6.07) is 4.69. The van der Waals surface area contributed by atoms with Gasteiger partial charge >= 0.3 is 0 Å². The number of ketones is 1. The smallest absolute Gasteiger partial charge is 0.293 e. The zero-order chi connectivity index (χ0) is 23.6. The van der Waals surface area contributed by atoms with Crippen molar-refractivity contribution in [3.8, 4) is 18.4 Å². The largest absolute Gasteiger partial charge is 0.380 e. The number of anilines is 1. The Hall–Kier alpha value is -3.95. The molecule has 1 aliphatic rings. The number of benzene rings is 1. The number of nitrogens with one attached hydrogen (secondary N) is 2. The van der Waals surface area contributed by atoms with Gasteiger partial charge in [0.2, 0.25) is 0 Å². The van der Waals surface area contributed by atoms with Gasteiger partial charge in [-0.25, -0.2) is 4.39 Å². The van der Waals surface area contributed by atoms with Crippen LogP contribution < -0.4 is 10.6 Å². The lowest BCUT2D eigenvalue weighted by Gasteiger charge is -2.30. The molecule has 1 aliphatic heterocycles. The highest BCUT2D eigenvalue weighted by Gasteiger charge is 2.33. The van der Waals surface area contributed by atoms with E-state index in [9.17, 15) is 18.8 Å². The Morgan fingerprint density at radius 3 is 2.56 bits per heavy atom. The lowest BCUT2D eigenvalue weighted by atomic mass is 9.98. The monoisotopic (exact) mass is 436 g/mol. The van der Waals surface area contributed by atoms with Crippen molar-refractivity contribution in [1.29, 1.82) is 5.26 Å². The van der Waals surface area contributed by atoms with Crippen LogP contribution in [-0.4, -0.2) is 41.4 Å². The molecule has 0 bridgehead atoms. The third kappa shape index (κ3) is 4.11. The fraction of sp³-hybridized carbons (Fsp3) is 0.304. The average Bonchev–Trinajstić information content (AvgIpc) is 2.95. The first-order chi connectivity index (χ1) is 15.2. The van der Waals surface area contributed by atoms with E-state index in [1.807, 2.05) is 0 Å². The molecular formula is C23H21FN4O4.